The minimum absolute atomic E-state index is 0.0118. The van der Waals surface area contributed by atoms with Crippen LogP contribution >= 0.6 is 0 Å². The number of ketones is 1. The van der Waals surface area contributed by atoms with Gasteiger partial charge in [0, 0.05) is 19.5 Å². The molecule has 284 valence electrons. The van der Waals surface area contributed by atoms with Crippen molar-refractivity contribution in [2.45, 2.75) is 109 Å². The summed E-state index contributed by atoms with van der Waals surface area (Å²) in [5, 5.41) is 11.0. The van der Waals surface area contributed by atoms with Gasteiger partial charge >= 0.3 is 6.03 Å². The van der Waals surface area contributed by atoms with E-state index in [4.69, 9.17) is 6.42 Å². The molecular weight excluding hydrogens is 683 g/mol. The average molecular weight is 738 g/mol. The number of urea groups is 1. The van der Waals surface area contributed by atoms with E-state index in [1.54, 1.807) is 24.3 Å². The van der Waals surface area contributed by atoms with E-state index in [1.807, 2.05) is 40.7 Å². The first-order valence-electron chi connectivity index (χ1n) is 18.2. The highest BCUT2D eigenvalue weighted by Gasteiger charge is 2.70. The molecule has 3 unspecified atom stereocenters. The Kier molecular flexibility index (Phi) is 12.7. The molecule has 1 aliphatic heterocycles. The second-order valence-electron chi connectivity index (χ2n) is 16.3. The van der Waals surface area contributed by atoms with Crippen molar-refractivity contribution in [2.24, 2.45) is 22.7 Å². The molecule has 1 saturated heterocycles. The number of carbonyl (C=O) groups excluding carboxylic acids is 5. The molecule has 5 amide bonds. The number of nitrogens with zero attached hydrogens (tertiary/aromatic N) is 1. The normalized spacial score (nSPS) is 22.8. The monoisotopic (exact) mass is 737 g/mol. The number of piperidine rings is 1. The summed E-state index contributed by atoms with van der Waals surface area (Å²) in [7, 11) is -3.61. The number of amides is 5. The van der Waals surface area contributed by atoms with Crippen LogP contribution in [0.25, 0.3) is 0 Å². The predicted molar refractivity (Wildman–Crippen MR) is 199 cm³/mol. The van der Waals surface area contributed by atoms with E-state index in [9.17, 15) is 32.4 Å². The minimum atomic E-state index is -3.61. The van der Waals surface area contributed by atoms with Crippen molar-refractivity contribution in [2.75, 3.05) is 18.8 Å². The third kappa shape index (κ3) is 9.62. The maximum Gasteiger partial charge on any atom is 0.315 e. The quantitative estimate of drug-likeness (QED) is 0.122. The molecule has 4 N–H and O–H groups in total. The first kappa shape index (κ1) is 40.6. The van der Waals surface area contributed by atoms with E-state index in [0.717, 1.165) is 19.3 Å². The summed E-state index contributed by atoms with van der Waals surface area (Å²) < 4.78 is 26.9. The number of carbonyl (C=O) groups is 5. The second kappa shape index (κ2) is 16.2. The molecule has 0 bridgehead atoms. The van der Waals surface area contributed by atoms with E-state index in [2.05, 4.69) is 33.8 Å². The number of benzene rings is 1. The van der Waals surface area contributed by atoms with Crippen LogP contribution in [0.2, 0.25) is 0 Å². The number of likely N-dealkylation sites (tertiary alicyclic amines) is 1. The topological polar surface area (TPSA) is 171 Å². The summed E-state index contributed by atoms with van der Waals surface area (Å²) in [6.45, 7) is 13.4. The van der Waals surface area contributed by atoms with Crippen molar-refractivity contribution in [3.05, 3.63) is 48.6 Å². The molecule has 3 aliphatic rings. The van der Waals surface area contributed by atoms with E-state index >= 15 is 0 Å². The molecule has 1 aromatic rings. The molecule has 13 heteroatoms. The van der Waals surface area contributed by atoms with Gasteiger partial charge in [0.2, 0.25) is 17.6 Å². The van der Waals surface area contributed by atoms with Crippen molar-refractivity contribution in [3.63, 3.8) is 0 Å². The van der Waals surface area contributed by atoms with Gasteiger partial charge in [-0.1, -0.05) is 90.3 Å². The lowest BCUT2D eigenvalue weighted by molar-refractivity contribution is -0.145. The molecule has 0 spiro atoms. The molecule has 0 aromatic heterocycles. The van der Waals surface area contributed by atoms with Crippen molar-refractivity contribution >= 4 is 39.4 Å². The largest absolute Gasteiger partial charge is 0.346 e. The summed E-state index contributed by atoms with van der Waals surface area (Å²) in [4.78, 5) is 69.4. The van der Waals surface area contributed by atoms with Crippen molar-refractivity contribution in [1.29, 1.82) is 0 Å². The fourth-order valence-electron chi connectivity index (χ4n) is 8.03. The van der Waals surface area contributed by atoms with E-state index in [-0.39, 0.29) is 54.7 Å². The van der Waals surface area contributed by atoms with Crippen molar-refractivity contribution in [1.82, 2.24) is 26.2 Å². The number of hydrogen-bond donors (Lipinski definition) is 4. The Morgan fingerprint density at radius 3 is 2.31 bits per heavy atom. The Hall–Kier alpha value is -4.18. The summed E-state index contributed by atoms with van der Waals surface area (Å²) in [5.74, 6) is -0.876. The number of hydrogen-bond acceptors (Lipinski definition) is 7. The number of rotatable bonds is 15. The molecule has 5 atom stereocenters. The summed E-state index contributed by atoms with van der Waals surface area (Å²) >= 11 is 0. The Morgan fingerprint density at radius 2 is 1.71 bits per heavy atom. The lowest BCUT2D eigenvalue weighted by atomic mass is 9.83. The van der Waals surface area contributed by atoms with Gasteiger partial charge < -0.3 is 26.2 Å². The van der Waals surface area contributed by atoms with Crippen LogP contribution in [-0.4, -0.2) is 85.4 Å². The van der Waals surface area contributed by atoms with Crippen LogP contribution in [0, 0.1) is 35.0 Å². The molecule has 1 aromatic carbocycles. The van der Waals surface area contributed by atoms with Crippen LogP contribution in [0.4, 0.5) is 4.79 Å². The number of nitrogens with one attached hydrogen (secondary N) is 4. The van der Waals surface area contributed by atoms with E-state index in [1.165, 1.54) is 11.0 Å². The first-order valence-corrected chi connectivity index (χ1v) is 20.0. The molecule has 12 nitrogen and oxygen atoms in total. The van der Waals surface area contributed by atoms with Gasteiger partial charge in [0.05, 0.1) is 23.1 Å². The third-order valence-corrected chi connectivity index (χ3v) is 12.7. The number of Topliss-reactive ketones (excluding diaryl/α,β-unsaturated/α-hetero) is 1. The van der Waals surface area contributed by atoms with Crippen LogP contribution in [0.1, 0.15) is 85.1 Å². The number of sulfone groups is 1. The zero-order valence-corrected chi connectivity index (χ0v) is 31.9. The van der Waals surface area contributed by atoms with Crippen LogP contribution in [0.5, 0.6) is 0 Å². The van der Waals surface area contributed by atoms with Gasteiger partial charge in [-0.3, -0.25) is 19.2 Å². The van der Waals surface area contributed by atoms with Gasteiger partial charge in [-0.15, -0.1) is 18.9 Å². The zero-order valence-electron chi connectivity index (χ0n) is 31.1. The molecule has 52 heavy (non-hydrogen) atoms. The Balaban J connectivity index is 1.54. The van der Waals surface area contributed by atoms with Gasteiger partial charge in [-0.05, 0) is 47.5 Å². The molecule has 3 fully saturated rings. The smallest absolute Gasteiger partial charge is 0.315 e. The van der Waals surface area contributed by atoms with Gasteiger partial charge in [0.25, 0.3) is 5.91 Å². The maximum atomic E-state index is 14.5. The van der Waals surface area contributed by atoms with Crippen LogP contribution in [0.15, 0.2) is 43.0 Å². The lowest BCUT2D eigenvalue weighted by Crippen LogP contribution is -2.64. The molecule has 2 saturated carbocycles. The highest BCUT2D eigenvalue weighted by Crippen LogP contribution is 2.65. The standard InChI is InChI=1S/C39H55N5O7S/c1-8-10-19-28(31(45)34(47)40-22-9-2)41-33(46)30-29-27(38(29,6)7)23-44(30)35(48)32(37(3,4)5)42-36(49)43-39(20-15-12-16-21-39)25-52(50,51)24-26-17-13-11-14-18-26/h1,9,11,13-14,17-18,27-30,32H,2,10,12,15-16,19-25H2,3-7H3,(H,40,47)(H,41,46)(H2,42,43,49)/t27?,28?,29?,30-,32+/m0/s1. The van der Waals surface area contributed by atoms with Gasteiger partial charge in [0.15, 0.2) is 9.84 Å². The van der Waals surface area contributed by atoms with Crippen LogP contribution in [-0.2, 0) is 34.8 Å². The van der Waals surface area contributed by atoms with E-state index < -0.39 is 68.5 Å². The fraction of sp³-hybridized carbons (Fsp3) is 0.615. The SMILES string of the molecule is C#CCCC(NC(=O)[C@@H]1C2C(CN1C(=O)[C@@H](NC(=O)NC1(CS(=O)(=O)Cc3ccccc3)CCCCC1)C(C)(C)C)C2(C)C)C(=O)C(=O)NCC=C. The number of terminal acetylenes is 1. The van der Waals surface area contributed by atoms with Crippen LogP contribution in [0.3, 0.4) is 0 Å². The average Bonchev–Trinajstić information content (AvgIpc) is 3.37. The molecule has 4 rings (SSSR count). The number of fused-ring (bicyclic) bond motifs is 1. The Bertz CT molecular complexity index is 1670. The first-order chi connectivity index (χ1) is 24.4. The summed E-state index contributed by atoms with van der Waals surface area (Å²) in [6.07, 6.45) is 10.5. The Labute approximate surface area is 308 Å². The highest BCUT2D eigenvalue weighted by molar-refractivity contribution is 7.90. The molecule has 1 heterocycles. The lowest BCUT2D eigenvalue weighted by Gasteiger charge is -2.40. The summed E-state index contributed by atoms with van der Waals surface area (Å²) in [5.41, 5.74) is -1.38. The predicted octanol–water partition coefficient (Wildman–Crippen LogP) is 3.27. The molecular formula is C39H55N5O7S. The second-order valence-corrected chi connectivity index (χ2v) is 18.4. The summed E-state index contributed by atoms with van der Waals surface area (Å²) in [6, 6.07) is 5.05. The molecule has 0 radical (unpaired) electrons. The fourth-order valence-corrected chi connectivity index (χ4v) is 10.0. The maximum absolute atomic E-state index is 14.5. The van der Waals surface area contributed by atoms with Gasteiger partial charge in [-0.2, -0.15) is 0 Å². The van der Waals surface area contributed by atoms with Crippen molar-refractivity contribution < 1.29 is 32.4 Å². The Morgan fingerprint density at radius 1 is 1.06 bits per heavy atom. The zero-order chi connectivity index (χ0) is 38.5. The minimum Gasteiger partial charge on any atom is -0.346 e. The van der Waals surface area contributed by atoms with E-state index in [0.29, 0.717) is 18.4 Å². The van der Waals surface area contributed by atoms with Crippen LogP contribution < -0.4 is 21.3 Å². The van der Waals surface area contributed by atoms with Crippen molar-refractivity contribution in [3.8, 4) is 12.3 Å². The van der Waals surface area contributed by atoms with Gasteiger partial charge in [-0.25, -0.2) is 13.2 Å². The van der Waals surface area contributed by atoms with Gasteiger partial charge in [0.1, 0.15) is 12.1 Å². The molecule has 2 aliphatic carbocycles. The third-order valence-electron chi connectivity index (χ3n) is 10.9. The highest BCUT2D eigenvalue weighted by atomic mass is 32.2.